The molecule has 0 saturated carbocycles. The van der Waals surface area contributed by atoms with Crippen LogP contribution in [-0.2, 0) is 0 Å². The predicted octanol–water partition coefficient (Wildman–Crippen LogP) is 3.90. The molecular formula is C15H15BrN2O. The van der Waals surface area contributed by atoms with Crippen molar-refractivity contribution in [3.8, 4) is 0 Å². The average molecular weight is 319 g/mol. The van der Waals surface area contributed by atoms with Crippen LogP contribution in [0.2, 0.25) is 0 Å². The molecule has 2 aromatic rings. The summed E-state index contributed by atoms with van der Waals surface area (Å²) in [6.07, 6.45) is 0. The fourth-order valence-corrected chi connectivity index (χ4v) is 1.95. The second kappa shape index (κ2) is 5.45. The van der Waals surface area contributed by atoms with Gasteiger partial charge in [-0.05, 0) is 55.3 Å². The van der Waals surface area contributed by atoms with Gasteiger partial charge in [0.05, 0.1) is 0 Å². The van der Waals surface area contributed by atoms with E-state index in [0.717, 1.165) is 21.3 Å². The minimum atomic E-state index is -0.159. The number of nitrogens with two attached hydrogens (primary N) is 1. The molecule has 19 heavy (non-hydrogen) atoms. The monoisotopic (exact) mass is 318 g/mol. The highest BCUT2D eigenvalue weighted by Crippen LogP contribution is 2.21. The first-order chi connectivity index (χ1) is 8.97. The minimum absolute atomic E-state index is 0.159. The first kappa shape index (κ1) is 13.6. The lowest BCUT2D eigenvalue weighted by Gasteiger charge is -2.08. The molecule has 0 aliphatic rings. The summed E-state index contributed by atoms with van der Waals surface area (Å²) in [4.78, 5) is 12.1. The van der Waals surface area contributed by atoms with E-state index in [9.17, 15) is 4.79 Å². The molecule has 2 rings (SSSR count). The molecule has 3 N–H and O–H groups in total. The normalized spacial score (nSPS) is 10.3. The smallest absolute Gasteiger partial charge is 0.255 e. The molecule has 0 radical (unpaired) electrons. The second-order valence-electron chi connectivity index (χ2n) is 4.49. The molecule has 4 heteroatoms. The van der Waals surface area contributed by atoms with E-state index in [1.54, 1.807) is 12.1 Å². The zero-order valence-corrected chi connectivity index (χ0v) is 12.4. The Kier molecular flexibility index (Phi) is 3.90. The quantitative estimate of drug-likeness (QED) is 0.825. The molecule has 0 unspecified atom stereocenters. The molecule has 0 atom stereocenters. The number of halogens is 1. The number of anilines is 2. The molecule has 0 aromatic heterocycles. The van der Waals surface area contributed by atoms with E-state index in [1.165, 1.54) is 0 Å². The van der Waals surface area contributed by atoms with Crippen LogP contribution < -0.4 is 11.1 Å². The van der Waals surface area contributed by atoms with Gasteiger partial charge in [-0.2, -0.15) is 0 Å². The summed E-state index contributed by atoms with van der Waals surface area (Å²) in [6, 6.07) is 11.0. The largest absolute Gasteiger partial charge is 0.398 e. The fourth-order valence-electron chi connectivity index (χ4n) is 1.71. The number of rotatable bonds is 2. The Morgan fingerprint density at radius 1 is 1.11 bits per heavy atom. The molecular weight excluding hydrogens is 304 g/mol. The lowest BCUT2D eigenvalue weighted by molar-refractivity contribution is 0.102. The standard InChI is InChI=1S/C15H15BrN2O/c1-9-3-4-11(8-14(9)17)15(19)18-12-5-6-13(16)10(2)7-12/h3-8H,17H2,1-2H3,(H,18,19). The Bertz CT molecular complexity index is 638. The van der Waals surface area contributed by atoms with Crippen molar-refractivity contribution in [2.24, 2.45) is 0 Å². The number of hydrogen-bond donors (Lipinski definition) is 2. The molecule has 0 fully saturated rings. The maximum absolute atomic E-state index is 12.1. The highest BCUT2D eigenvalue weighted by Gasteiger charge is 2.08. The van der Waals surface area contributed by atoms with Crippen molar-refractivity contribution in [2.75, 3.05) is 11.1 Å². The zero-order chi connectivity index (χ0) is 14.0. The molecule has 0 spiro atoms. The molecule has 0 bridgehead atoms. The summed E-state index contributed by atoms with van der Waals surface area (Å²) in [5.41, 5.74) is 9.80. The number of carbonyl (C=O) groups excluding carboxylic acids is 1. The van der Waals surface area contributed by atoms with E-state index in [-0.39, 0.29) is 5.91 Å². The van der Waals surface area contributed by atoms with E-state index >= 15 is 0 Å². The van der Waals surface area contributed by atoms with Gasteiger partial charge in [0.1, 0.15) is 0 Å². The maximum Gasteiger partial charge on any atom is 0.255 e. The first-order valence-electron chi connectivity index (χ1n) is 5.91. The summed E-state index contributed by atoms with van der Waals surface area (Å²) >= 11 is 3.43. The van der Waals surface area contributed by atoms with Crippen molar-refractivity contribution in [3.63, 3.8) is 0 Å². The van der Waals surface area contributed by atoms with Gasteiger partial charge in [-0.25, -0.2) is 0 Å². The van der Waals surface area contributed by atoms with Gasteiger partial charge in [-0.3, -0.25) is 4.79 Å². The van der Waals surface area contributed by atoms with E-state index in [4.69, 9.17) is 5.73 Å². The molecule has 0 saturated heterocycles. The number of hydrogen-bond acceptors (Lipinski definition) is 2. The van der Waals surface area contributed by atoms with Crippen molar-refractivity contribution in [1.29, 1.82) is 0 Å². The number of nitrogens with one attached hydrogen (secondary N) is 1. The van der Waals surface area contributed by atoms with Crippen molar-refractivity contribution in [3.05, 3.63) is 57.6 Å². The van der Waals surface area contributed by atoms with Gasteiger partial charge in [-0.15, -0.1) is 0 Å². The van der Waals surface area contributed by atoms with Gasteiger partial charge in [0.25, 0.3) is 5.91 Å². The molecule has 98 valence electrons. The third-order valence-corrected chi connectivity index (χ3v) is 3.85. The summed E-state index contributed by atoms with van der Waals surface area (Å²) in [7, 11) is 0. The van der Waals surface area contributed by atoms with E-state index in [0.29, 0.717) is 11.3 Å². The van der Waals surface area contributed by atoms with Crippen LogP contribution in [0, 0.1) is 13.8 Å². The van der Waals surface area contributed by atoms with Gasteiger partial charge < -0.3 is 11.1 Å². The number of carbonyl (C=O) groups is 1. The molecule has 2 aromatic carbocycles. The third-order valence-electron chi connectivity index (χ3n) is 2.96. The van der Waals surface area contributed by atoms with Crippen LogP contribution in [0.1, 0.15) is 21.5 Å². The molecule has 0 aliphatic carbocycles. The average Bonchev–Trinajstić information content (AvgIpc) is 2.37. The molecule has 0 heterocycles. The number of nitrogen functional groups attached to an aromatic ring is 1. The van der Waals surface area contributed by atoms with Crippen molar-refractivity contribution < 1.29 is 4.79 Å². The molecule has 1 amide bonds. The van der Waals surface area contributed by atoms with Gasteiger partial charge in [-0.1, -0.05) is 22.0 Å². The number of aryl methyl sites for hydroxylation is 2. The minimum Gasteiger partial charge on any atom is -0.398 e. The van der Waals surface area contributed by atoms with Crippen LogP contribution in [0.3, 0.4) is 0 Å². The first-order valence-corrected chi connectivity index (χ1v) is 6.70. The Labute approximate surface area is 121 Å². The summed E-state index contributed by atoms with van der Waals surface area (Å²) in [5.74, 6) is -0.159. The Morgan fingerprint density at radius 2 is 1.84 bits per heavy atom. The number of amides is 1. The van der Waals surface area contributed by atoms with Crippen molar-refractivity contribution >= 4 is 33.2 Å². The van der Waals surface area contributed by atoms with Gasteiger partial charge in [0, 0.05) is 21.4 Å². The highest BCUT2D eigenvalue weighted by atomic mass is 79.9. The zero-order valence-electron chi connectivity index (χ0n) is 10.8. The van der Waals surface area contributed by atoms with E-state index in [2.05, 4.69) is 21.2 Å². The van der Waals surface area contributed by atoms with Crippen molar-refractivity contribution in [2.45, 2.75) is 13.8 Å². The maximum atomic E-state index is 12.1. The van der Waals surface area contributed by atoms with Crippen LogP contribution in [0.25, 0.3) is 0 Å². The molecule has 3 nitrogen and oxygen atoms in total. The lowest BCUT2D eigenvalue weighted by Crippen LogP contribution is -2.12. The summed E-state index contributed by atoms with van der Waals surface area (Å²) < 4.78 is 1.02. The van der Waals surface area contributed by atoms with Crippen LogP contribution >= 0.6 is 15.9 Å². The van der Waals surface area contributed by atoms with Crippen LogP contribution in [0.4, 0.5) is 11.4 Å². The predicted molar refractivity (Wildman–Crippen MR) is 82.4 cm³/mol. The van der Waals surface area contributed by atoms with Crippen LogP contribution in [0.5, 0.6) is 0 Å². The number of benzene rings is 2. The summed E-state index contributed by atoms with van der Waals surface area (Å²) in [5, 5.41) is 2.86. The third kappa shape index (κ3) is 3.15. The highest BCUT2D eigenvalue weighted by molar-refractivity contribution is 9.10. The Hall–Kier alpha value is -1.81. The molecule has 0 aliphatic heterocycles. The SMILES string of the molecule is Cc1ccc(C(=O)Nc2ccc(Br)c(C)c2)cc1N. The van der Waals surface area contributed by atoms with Crippen LogP contribution in [0.15, 0.2) is 40.9 Å². The Balaban J connectivity index is 2.20. The topological polar surface area (TPSA) is 55.1 Å². The summed E-state index contributed by atoms with van der Waals surface area (Å²) in [6.45, 7) is 3.89. The van der Waals surface area contributed by atoms with Gasteiger partial charge >= 0.3 is 0 Å². The van der Waals surface area contributed by atoms with Gasteiger partial charge in [0.15, 0.2) is 0 Å². The van der Waals surface area contributed by atoms with Crippen molar-refractivity contribution in [1.82, 2.24) is 0 Å². The fraction of sp³-hybridized carbons (Fsp3) is 0.133. The van der Waals surface area contributed by atoms with Gasteiger partial charge in [0.2, 0.25) is 0 Å². The van der Waals surface area contributed by atoms with E-state index < -0.39 is 0 Å². The lowest BCUT2D eigenvalue weighted by atomic mass is 10.1. The van der Waals surface area contributed by atoms with Crippen LogP contribution in [-0.4, -0.2) is 5.91 Å². The van der Waals surface area contributed by atoms with E-state index in [1.807, 2.05) is 38.1 Å². The second-order valence-corrected chi connectivity index (χ2v) is 5.34. The Morgan fingerprint density at radius 3 is 2.47 bits per heavy atom.